The van der Waals surface area contributed by atoms with Crippen molar-refractivity contribution in [2.24, 2.45) is 28.1 Å². The van der Waals surface area contributed by atoms with Gasteiger partial charge in [0.05, 0.1) is 12.1 Å². The molecule has 274 valence electrons. The minimum absolute atomic E-state index is 0.000996. The van der Waals surface area contributed by atoms with E-state index >= 15 is 0 Å². The molecule has 0 aromatic heterocycles. The molecule has 21 heteroatoms. The van der Waals surface area contributed by atoms with E-state index in [9.17, 15) is 45.8 Å². The van der Waals surface area contributed by atoms with E-state index in [-0.39, 0.29) is 18.5 Å². The number of hydrogen-bond donors (Lipinski definition) is 8. The summed E-state index contributed by atoms with van der Waals surface area (Å²) in [6.45, 7) is 5.36. The molecule has 0 bridgehead atoms. The first-order valence-corrected chi connectivity index (χ1v) is 13.9. The van der Waals surface area contributed by atoms with Crippen LogP contribution in [-0.2, 0) is 35.3 Å². The van der Waals surface area contributed by atoms with Gasteiger partial charge >= 0.3 is 30.3 Å². The third-order valence-electron chi connectivity index (χ3n) is 5.84. The zero-order valence-electron chi connectivity index (χ0n) is 26.0. The van der Waals surface area contributed by atoms with Crippen molar-refractivity contribution >= 4 is 35.7 Å². The van der Waals surface area contributed by atoms with Gasteiger partial charge in [-0.25, -0.2) is 14.4 Å². The summed E-state index contributed by atoms with van der Waals surface area (Å²) < 4.78 is 68.7. The molecule has 0 aliphatic heterocycles. The van der Waals surface area contributed by atoms with Crippen LogP contribution in [0.5, 0.6) is 0 Å². The minimum atomic E-state index is -5.08. The zero-order valence-corrected chi connectivity index (χ0v) is 26.0. The third kappa shape index (κ3) is 20.5. The molecule has 0 aliphatic carbocycles. The number of amides is 2. The largest absolute Gasteiger partial charge is 0.490 e. The normalized spacial score (nSPS) is 14.1. The number of alkyl halides is 6. The number of nitrogens with one attached hydrogen (secondary N) is 2. The molecule has 1 aromatic rings. The number of esters is 1. The fourth-order valence-electron chi connectivity index (χ4n) is 3.05. The molecule has 5 atom stereocenters. The first kappa shape index (κ1) is 45.5. The van der Waals surface area contributed by atoms with E-state index in [0.717, 1.165) is 5.56 Å². The predicted molar refractivity (Wildman–Crippen MR) is 157 cm³/mol. The number of aliphatic hydroxyl groups excluding tert-OH is 1. The van der Waals surface area contributed by atoms with Crippen LogP contribution in [-0.4, -0.2) is 94.1 Å². The average molecular weight is 707 g/mol. The summed E-state index contributed by atoms with van der Waals surface area (Å²) in [5, 5.41) is 29.5. The van der Waals surface area contributed by atoms with Crippen LogP contribution in [0.25, 0.3) is 0 Å². The van der Waals surface area contributed by atoms with Gasteiger partial charge in [-0.2, -0.15) is 26.3 Å². The predicted octanol–water partition coefficient (Wildman–Crippen LogP) is 0.774. The molecular formula is C27H40F6N6O9. The number of halogens is 6. The fraction of sp³-hybridized carbons (Fsp3) is 0.556. The molecule has 0 saturated carbocycles. The van der Waals surface area contributed by atoms with Crippen molar-refractivity contribution in [2.75, 3.05) is 6.54 Å². The summed E-state index contributed by atoms with van der Waals surface area (Å²) in [6.07, 6.45) is -9.99. The van der Waals surface area contributed by atoms with Gasteiger partial charge in [0.1, 0.15) is 12.6 Å². The molecule has 0 fully saturated rings. The van der Waals surface area contributed by atoms with Crippen molar-refractivity contribution in [3.05, 3.63) is 35.9 Å². The van der Waals surface area contributed by atoms with E-state index in [1.165, 1.54) is 6.92 Å². The number of carboxylic acids is 2. The maximum absolute atomic E-state index is 13.0. The van der Waals surface area contributed by atoms with Crippen LogP contribution in [0.4, 0.5) is 26.3 Å². The topological polar surface area (TPSA) is 270 Å². The van der Waals surface area contributed by atoms with Crippen LogP contribution in [0.2, 0.25) is 0 Å². The summed E-state index contributed by atoms with van der Waals surface area (Å²) in [4.78, 5) is 59.8. The SMILES string of the molecule is CC[C@H](C)[C@H](NC(=O)[C@H](N)CCCN=C(N)N)C(=O)N[C@H](C(=O)OCc1ccccc1)[C@H](C)O.O=C(O)C(F)(F)F.O=C(O)C(F)(F)F. The van der Waals surface area contributed by atoms with Gasteiger partial charge in [-0.05, 0) is 31.2 Å². The number of nitrogens with zero attached hydrogens (tertiary/aromatic N) is 1. The van der Waals surface area contributed by atoms with E-state index in [1.54, 1.807) is 19.1 Å². The lowest BCUT2D eigenvalue weighted by Gasteiger charge is -2.28. The van der Waals surface area contributed by atoms with Crippen LogP contribution < -0.4 is 27.8 Å². The molecule has 0 unspecified atom stereocenters. The molecule has 48 heavy (non-hydrogen) atoms. The summed E-state index contributed by atoms with van der Waals surface area (Å²) in [7, 11) is 0. The first-order valence-electron chi connectivity index (χ1n) is 13.9. The van der Waals surface area contributed by atoms with Crippen molar-refractivity contribution in [3.63, 3.8) is 0 Å². The van der Waals surface area contributed by atoms with Gasteiger partial charge in [-0.15, -0.1) is 0 Å². The molecule has 0 radical (unpaired) electrons. The van der Waals surface area contributed by atoms with Gasteiger partial charge < -0.3 is 47.9 Å². The molecule has 0 heterocycles. The molecular weight excluding hydrogens is 666 g/mol. The van der Waals surface area contributed by atoms with Crippen LogP contribution in [0.15, 0.2) is 35.3 Å². The Labute approximate surface area is 270 Å². The standard InChI is InChI=1S/C23H38N6O5.2C2HF3O2/c1-4-14(2)18(28-20(31)17(24)11-8-12-27-23(25)26)21(32)29-19(15(3)30)22(33)34-13-16-9-6-5-7-10-16;2*3-2(4,5)1(6)7/h5-7,9-10,14-15,17-19,30H,4,8,11-13,24H2,1-3H3,(H,28,31)(H,29,32)(H4,25,26,27);2*(H,6,7)/t14-,15-,17+,18-,19-;;/m0../s1. The van der Waals surface area contributed by atoms with Gasteiger partial charge in [0, 0.05) is 6.54 Å². The molecule has 11 N–H and O–H groups in total. The summed E-state index contributed by atoms with van der Waals surface area (Å²) >= 11 is 0. The lowest BCUT2D eigenvalue weighted by atomic mass is 9.97. The molecule has 2 amide bonds. The number of ether oxygens (including phenoxy) is 1. The number of benzene rings is 1. The van der Waals surface area contributed by atoms with Crippen LogP contribution >= 0.6 is 0 Å². The van der Waals surface area contributed by atoms with Crippen LogP contribution in [0.3, 0.4) is 0 Å². The highest BCUT2D eigenvalue weighted by Crippen LogP contribution is 2.14. The lowest BCUT2D eigenvalue weighted by Crippen LogP contribution is -2.58. The molecule has 0 saturated heterocycles. The van der Waals surface area contributed by atoms with Gasteiger partial charge in [-0.1, -0.05) is 50.6 Å². The van der Waals surface area contributed by atoms with Gasteiger partial charge in [0.2, 0.25) is 11.8 Å². The van der Waals surface area contributed by atoms with Crippen molar-refractivity contribution in [3.8, 4) is 0 Å². The number of nitrogens with two attached hydrogens (primary N) is 3. The third-order valence-corrected chi connectivity index (χ3v) is 5.84. The number of hydrogen-bond acceptors (Lipinski definition) is 9. The second kappa shape index (κ2) is 22.0. The van der Waals surface area contributed by atoms with Gasteiger partial charge in [-0.3, -0.25) is 14.6 Å². The highest BCUT2D eigenvalue weighted by atomic mass is 19.4. The molecule has 15 nitrogen and oxygen atoms in total. The van der Waals surface area contributed by atoms with E-state index in [4.69, 9.17) is 41.7 Å². The van der Waals surface area contributed by atoms with E-state index in [0.29, 0.717) is 25.8 Å². The smallest absolute Gasteiger partial charge is 0.475 e. The van der Waals surface area contributed by atoms with Crippen LogP contribution in [0, 0.1) is 5.92 Å². The monoisotopic (exact) mass is 706 g/mol. The van der Waals surface area contributed by atoms with Crippen molar-refractivity contribution in [1.82, 2.24) is 10.6 Å². The Kier molecular flexibility index (Phi) is 20.8. The summed E-state index contributed by atoms with van der Waals surface area (Å²) in [6, 6.07) is 5.92. The fourth-order valence-corrected chi connectivity index (χ4v) is 3.05. The Morgan fingerprint density at radius 2 is 1.33 bits per heavy atom. The number of aliphatic carboxylic acids is 2. The van der Waals surface area contributed by atoms with Crippen molar-refractivity contribution < 1.29 is 70.4 Å². The Morgan fingerprint density at radius 1 is 0.875 bits per heavy atom. The number of carbonyl (C=O) groups is 5. The van der Waals surface area contributed by atoms with Crippen LogP contribution in [0.1, 0.15) is 45.6 Å². The summed E-state index contributed by atoms with van der Waals surface area (Å²) in [5.74, 6) is -7.71. The quantitative estimate of drug-likeness (QED) is 0.0438. The molecule has 0 aliphatic rings. The first-order chi connectivity index (χ1) is 21.9. The molecule has 1 aromatic carbocycles. The minimum Gasteiger partial charge on any atom is -0.475 e. The average Bonchev–Trinajstić information content (AvgIpc) is 2.98. The number of aliphatic hydroxyl groups is 1. The van der Waals surface area contributed by atoms with Gasteiger partial charge in [0.15, 0.2) is 12.0 Å². The highest BCUT2D eigenvalue weighted by Gasteiger charge is 2.39. The van der Waals surface area contributed by atoms with E-state index in [2.05, 4.69) is 15.6 Å². The number of rotatable bonds is 14. The second-order valence-electron chi connectivity index (χ2n) is 9.85. The second-order valence-corrected chi connectivity index (χ2v) is 9.85. The van der Waals surface area contributed by atoms with Gasteiger partial charge in [0.25, 0.3) is 0 Å². The maximum atomic E-state index is 13.0. The number of carboxylic acid groups (broad SMARTS) is 2. The number of aliphatic imine (C=N–C) groups is 1. The Hall–Kier alpha value is -4.66. The number of carbonyl (C=O) groups excluding carboxylic acids is 3. The Morgan fingerprint density at radius 3 is 1.73 bits per heavy atom. The van der Waals surface area contributed by atoms with E-state index < -0.39 is 66.3 Å². The summed E-state index contributed by atoms with van der Waals surface area (Å²) in [5.41, 5.74) is 17.3. The highest BCUT2D eigenvalue weighted by molar-refractivity contribution is 5.92. The van der Waals surface area contributed by atoms with Crippen molar-refractivity contribution in [2.45, 2.75) is 83.2 Å². The number of guanidine groups is 1. The maximum Gasteiger partial charge on any atom is 0.490 e. The Bertz CT molecular complexity index is 1170. The molecule has 1 rings (SSSR count). The molecule has 0 spiro atoms. The lowest BCUT2D eigenvalue weighted by molar-refractivity contribution is -0.193. The zero-order chi connectivity index (χ0) is 37.8. The van der Waals surface area contributed by atoms with E-state index in [1.807, 2.05) is 25.1 Å². The van der Waals surface area contributed by atoms with Crippen molar-refractivity contribution in [1.29, 1.82) is 0 Å². The Balaban J connectivity index is 0.